The van der Waals surface area contributed by atoms with E-state index in [0.717, 1.165) is 11.1 Å². The van der Waals surface area contributed by atoms with Gasteiger partial charge in [-0.05, 0) is 19.9 Å². The van der Waals surface area contributed by atoms with Crippen LogP contribution in [0.5, 0.6) is 0 Å². The Bertz CT molecular complexity index is 635. The number of hydrazone groups is 1. The maximum Gasteiger partial charge on any atom is 0.330 e. The van der Waals surface area contributed by atoms with Crippen molar-refractivity contribution in [3.8, 4) is 0 Å². The maximum absolute atomic E-state index is 12.0. The number of fused-ring (bicyclic) bond motifs is 1. The summed E-state index contributed by atoms with van der Waals surface area (Å²) in [5.74, 6) is 5.11. The molecule has 0 fully saturated rings. The van der Waals surface area contributed by atoms with E-state index in [1.165, 1.54) is 6.21 Å². The summed E-state index contributed by atoms with van der Waals surface area (Å²) >= 11 is 0. The summed E-state index contributed by atoms with van der Waals surface area (Å²) in [7, 11) is 1.72. The molecule has 0 aliphatic heterocycles. The molecule has 0 aromatic carbocycles. The molecule has 6 nitrogen and oxygen atoms in total. The summed E-state index contributed by atoms with van der Waals surface area (Å²) in [6, 6.07) is 1.94. The SMILES string of the molecule is CC(C)n1c(=O)n(C)c2ncc(C=NN)cc21. The van der Waals surface area contributed by atoms with Crippen LogP contribution in [0.1, 0.15) is 25.5 Å². The first-order valence-corrected chi connectivity index (χ1v) is 5.36. The quantitative estimate of drug-likeness (QED) is 0.469. The average Bonchev–Trinajstić information content (AvgIpc) is 2.52. The Morgan fingerprint density at radius 1 is 1.53 bits per heavy atom. The van der Waals surface area contributed by atoms with Gasteiger partial charge in [-0.2, -0.15) is 5.10 Å². The molecule has 2 aromatic rings. The van der Waals surface area contributed by atoms with E-state index >= 15 is 0 Å². The fourth-order valence-electron chi connectivity index (χ4n) is 1.91. The standard InChI is InChI=1S/C11H15N5O/c1-7(2)16-9-4-8(6-14-12)5-13-10(9)15(3)11(16)17/h4-7H,12H2,1-3H3. The minimum atomic E-state index is -0.0654. The van der Waals surface area contributed by atoms with Crippen LogP contribution in [-0.2, 0) is 7.05 Å². The summed E-state index contributed by atoms with van der Waals surface area (Å²) < 4.78 is 3.24. The largest absolute Gasteiger partial charge is 0.330 e. The lowest BCUT2D eigenvalue weighted by atomic mass is 10.3. The van der Waals surface area contributed by atoms with Crippen molar-refractivity contribution >= 4 is 17.4 Å². The molecule has 0 spiro atoms. The van der Waals surface area contributed by atoms with E-state index in [4.69, 9.17) is 5.84 Å². The molecule has 0 atom stereocenters. The summed E-state index contributed by atoms with van der Waals surface area (Å²) in [6.45, 7) is 3.93. The monoisotopic (exact) mass is 233 g/mol. The normalized spacial score (nSPS) is 12.0. The molecule has 0 aliphatic carbocycles. The molecule has 6 heteroatoms. The van der Waals surface area contributed by atoms with Crippen LogP contribution in [0.4, 0.5) is 0 Å². The van der Waals surface area contributed by atoms with Crippen LogP contribution in [0.15, 0.2) is 22.2 Å². The molecule has 0 saturated carbocycles. The Morgan fingerprint density at radius 3 is 2.82 bits per heavy atom. The first-order chi connectivity index (χ1) is 8.06. The molecule has 0 radical (unpaired) electrons. The fourth-order valence-corrected chi connectivity index (χ4v) is 1.91. The lowest BCUT2D eigenvalue weighted by Gasteiger charge is -2.06. The number of hydrogen-bond acceptors (Lipinski definition) is 4. The van der Waals surface area contributed by atoms with Gasteiger partial charge in [-0.15, -0.1) is 0 Å². The molecule has 0 saturated heterocycles. The summed E-state index contributed by atoms with van der Waals surface area (Å²) in [5, 5.41) is 3.46. The molecular formula is C11H15N5O. The summed E-state index contributed by atoms with van der Waals surface area (Å²) in [5.41, 5.74) is 2.17. The van der Waals surface area contributed by atoms with Crippen LogP contribution in [-0.4, -0.2) is 20.3 Å². The molecule has 90 valence electrons. The Hall–Kier alpha value is -2.11. The van der Waals surface area contributed by atoms with E-state index in [1.807, 2.05) is 19.9 Å². The Balaban J connectivity index is 2.83. The summed E-state index contributed by atoms with van der Waals surface area (Å²) in [6.07, 6.45) is 3.15. The minimum absolute atomic E-state index is 0.0654. The number of aryl methyl sites for hydroxylation is 1. The zero-order chi connectivity index (χ0) is 12.6. The third kappa shape index (κ3) is 1.71. The van der Waals surface area contributed by atoms with Crippen molar-refractivity contribution in [2.75, 3.05) is 0 Å². The second-order valence-electron chi connectivity index (χ2n) is 4.19. The van der Waals surface area contributed by atoms with Crippen LogP contribution in [0.2, 0.25) is 0 Å². The molecule has 0 aliphatic rings. The Kier molecular flexibility index (Phi) is 2.71. The van der Waals surface area contributed by atoms with Gasteiger partial charge in [-0.1, -0.05) is 0 Å². The van der Waals surface area contributed by atoms with Gasteiger partial charge in [0, 0.05) is 24.8 Å². The van der Waals surface area contributed by atoms with Crippen LogP contribution in [0.3, 0.4) is 0 Å². The van der Waals surface area contributed by atoms with E-state index in [1.54, 1.807) is 22.4 Å². The molecule has 2 aromatic heterocycles. The minimum Gasteiger partial charge on any atom is -0.323 e. The van der Waals surface area contributed by atoms with Crippen LogP contribution in [0, 0.1) is 0 Å². The maximum atomic E-state index is 12.0. The van der Waals surface area contributed by atoms with E-state index in [0.29, 0.717) is 5.65 Å². The average molecular weight is 233 g/mol. The third-order valence-electron chi connectivity index (χ3n) is 2.68. The predicted molar refractivity (Wildman–Crippen MR) is 67.1 cm³/mol. The van der Waals surface area contributed by atoms with Gasteiger partial charge in [0.1, 0.15) is 0 Å². The molecular weight excluding hydrogens is 218 g/mol. The van der Waals surface area contributed by atoms with E-state index in [9.17, 15) is 4.79 Å². The molecule has 2 heterocycles. The Labute approximate surface area is 98.4 Å². The number of rotatable bonds is 2. The first kappa shape index (κ1) is 11.4. The van der Waals surface area contributed by atoms with Crippen molar-refractivity contribution in [3.63, 3.8) is 0 Å². The third-order valence-corrected chi connectivity index (χ3v) is 2.68. The van der Waals surface area contributed by atoms with Gasteiger partial charge >= 0.3 is 5.69 Å². The van der Waals surface area contributed by atoms with Crippen molar-refractivity contribution in [2.45, 2.75) is 19.9 Å². The van der Waals surface area contributed by atoms with E-state index < -0.39 is 0 Å². The number of nitrogens with zero attached hydrogens (tertiary/aromatic N) is 4. The van der Waals surface area contributed by atoms with Gasteiger partial charge < -0.3 is 5.84 Å². The molecule has 0 amide bonds. The Morgan fingerprint density at radius 2 is 2.24 bits per heavy atom. The van der Waals surface area contributed by atoms with Crippen LogP contribution >= 0.6 is 0 Å². The predicted octanol–water partition coefficient (Wildman–Crippen LogP) is 0.608. The highest BCUT2D eigenvalue weighted by atomic mass is 16.1. The highest BCUT2D eigenvalue weighted by molar-refractivity contribution is 5.85. The summed E-state index contributed by atoms with van der Waals surface area (Å²) in [4.78, 5) is 16.3. The van der Waals surface area contributed by atoms with Crippen LogP contribution < -0.4 is 11.5 Å². The number of imidazole rings is 1. The van der Waals surface area contributed by atoms with Gasteiger partial charge in [-0.3, -0.25) is 9.13 Å². The van der Waals surface area contributed by atoms with Crippen molar-refractivity contribution < 1.29 is 0 Å². The number of nitrogens with two attached hydrogens (primary N) is 1. The molecule has 2 rings (SSSR count). The van der Waals surface area contributed by atoms with Gasteiger partial charge in [0.2, 0.25) is 0 Å². The second kappa shape index (κ2) is 4.04. The topological polar surface area (TPSA) is 78.2 Å². The molecule has 17 heavy (non-hydrogen) atoms. The van der Waals surface area contributed by atoms with E-state index in [-0.39, 0.29) is 11.7 Å². The second-order valence-corrected chi connectivity index (χ2v) is 4.19. The molecule has 2 N–H and O–H groups in total. The lowest BCUT2D eigenvalue weighted by molar-refractivity contribution is 0.583. The van der Waals surface area contributed by atoms with Gasteiger partial charge in [0.05, 0.1) is 11.7 Å². The fraction of sp³-hybridized carbons (Fsp3) is 0.364. The zero-order valence-corrected chi connectivity index (χ0v) is 10.1. The number of aromatic nitrogens is 3. The number of pyridine rings is 1. The van der Waals surface area contributed by atoms with Crippen molar-refractivity contribution in [2.24, 2.45) is 18.0 Å². The zero-order valence-electron chi connectivity index (χ0n) is 10.1. The molecule has 0 unspecified atom stereocenters. The van der Waals surface area contributed by atoms with Crippen molar-refractivity contribution in [1.82, 2.24) is 14.1 Å². The lowest BCUT2D eigenvalue weighted by Crippen LogP contribution is -2.23. The van der Waals surface area contributed by atoms with Crippen LogP contribution in [0.25, 0.3) is 11.2 Å². The molecule has 0 bridgehead atoms. The highest BCUT2D eigenvalue weighted by Crippen LogP contribution is 2.15. The number of hydrogen-bond donors (Lipinski definition) is 1. The van der Waals surface area contributed by atoms with Crippen molar-refractivity contribution in [1.29, 1.82) is 0 Å². The van der Waals surface area contributed by atoms with Gasteiger partial charge in [-0.25, -0.2) is 9.78 Å². The van der Waals surface area contributed by atoms with E-state index in [2.05, 4.69) is 10.1 Å². The smallest absolute Gasteiger partial charge is 0.323 e. The first-order valence-electron chi connectivity index (χ1n) is 5.36. The highest BCUT2D eigenvalue weighted by Gasteiger charge is 2.14. The van der Waals surface area contributed by atoms with Crippen molar-refractivity contribution in [3.05, 3.63) is 28.3 Å². The van der Waals surface area contributed by atoms with Gasteiger partial charge in [0.15, 0.2) is 5.65 Å². The van der Waals surface area contributed by atoms with Gasteiger partial charge in [0.25, 0.3) is 0 Å².